The average molecular weight is 270 g/mol. The van der Waals surface area contributed by atoms with Crippen LogP contribution in [0.4, 0.5) is 0 Å². The van der Waals surface area contributed by atoms with Crippen molar-refractivity contribution in [1.82, 2.24) is 10.3 Å². The van der Waals surface area contributed by atoms with Crippen LogP contribution in [-0.2, 0) is 0 Å². The number of rotatable bonds is 2. The van der Waals surface area contributed by atoms with Crippen LogP contribution >= 0.6 is 0 Å². The highest BCUT2D eigenvalue weighted by Gasteiger charge is 2.26. The molecule has 106 valence electrons. The molecule has 3 heteroatoms. The van der Waals surface area contributed by atoms with Crippen molar-refractivity contribution in [1.29, 1.82) is 0 Å². The van der Waals surface area contributed by atoms with Crippen LogP contribution in [-0.4, -0.2) is 16.9 Å². The van der Waals surface area contributed by atoms with E-state index < -0.39 is 0 Å². The summed E-state index contributed by atoms with van der Waals surface area (Å²) in [4.78, 5) is 15.5. The van der Waals surface area contributed by atoms with E-state index in [9.17, 15) is 4.79 Å². The Kier molecular flexibility index (Phi) is 3.51. The number of benzene rings is 1. The second-order valence-electron chi connectivity index (χ2n) is 6.26. The molecule has 1 saturated carbocycles. The topological polar surface area (TPSA) is 44.9 Å². The number of hydrogen-bond acceptors (Lipinski definition) is 1. The van der Waals surface area contributed by atoms with E-state index in [4.69, 9.17) is 0 Å². The van der Waals surface area contributed by atoms with E-state index in [1.807, 2.05) is 30.5 Å². The van der Waals surface area contributed by atoms with Crippen LogP contribution < -0.4 is 5.32 Å². The standard InChI is InChI=1S/C17H22N2O/c1-11-3-6-15(12(2)9-11)19-17(20)14-5-4-13-7-8-18-16(13)10-14/h4-5,7-8,10-12,15,18H,3,6,9H2,1-2H3,(H,19,20). The zero-order chi connectivity index (χ0) is 14.1. The molecule has 3 rings (SSSR count). The van der Waals surface area contributed by atoms with Crippen LogP contribution in [0.1, 0.15) is 43.5 Å². The third-order valence-corrected chi connectivity index (χ3v) is 4.57. The largest absolute Gasteiger partial charge is 0.361 e. The number of hydrogen-bond donors (Lipinski definition) is 2. The van der Waals surface area contributed by atoms with Gasteiger partial charge in [0.25, 0.3) is 5.91 Å². The summed E-state index contributed by atoms with van der Waals surface area (Å²) in [5, 5.41) is 4.35. The highest BCUT2D eigenvalue weighted by atomic mass is 16.1. The van der Waals surface area contributed by atoms with Gasteiger partial charge in [-0.15, -0.1) is 0 Å². The molecule has 2 aromatic rings. The summed E-state index contributed by atoms with van der Waals surface area (Å²) in [6.45, 7) is 4.54. The minimum absolute atomic E-state index is 0.0490. The van der Waals surface area contributed by atoms with Crippen LogP contribution in [0.3, 0.4) is 0 Å². The number of nitrogens with one attached hydrogen (secondary N) is 2. The van der Waals surface area contributed by atoms with Crippen LogP contribution in [0.15, 0.2) is 30.5 Å². The van der Waals surface area contributed by atoms with Crippen molar-refractivity contribution in [3.8, 4) is 0 Å². The van der Waals surface area contributed by atoms with Gasteiger partial charge in [0.15, 0.2) is 0 Å². The van der Waals surface area contributed by atoms with Gasteiger partial charge in [0.05, 0.1) is 0 Å². The molecule has 1 aliphatic rings. The van der Waals surface area contributed by atoms with Crippen molar-refractivity contribution >= 4 is 16.8 Å². The molecule has 3 unspecified atom stereocenters. The normalized spacial score (nSPS) is 26.6. The van der Waals surface area contributed by atoms with Crippen LogP contribution in [0, 0.1) is 11.8 Å². The Morgan fingerprint density at radius 1 is 1.25 bits per heavy atom. The van der Waals surface area contributed by atoms with E-state index in [-0.39, 0.29) is 5.91 Å². The first-order valence-corrected chi connectivity index (χ1v) is 7.51. The van der Waals surface area contributed by atoms with Crippen LogP contribution in [0.25, 0.3) is 10.9 Å². The van der Waals surface area contributed by atoms with E-state index in [0.717, 1.165) is 28.8 Å². The Hall–Kier alpha value is -1.77. The smallest absolute Gasteiger partial charge is 0.251 e. The molecule has 1 heterocycles. The molecule has 3 atom stereocenters. The zero-order valence-electron chi connectivity index (χ0n) is 12.1. The van der Waals surface area contributed by atoms with Gasteiger partial charge in [-0.3, -0.25) is 4.79 Å². The maximum absolute atomic E-state index is 12.4. The van der Waals surface area contributed by atoms with Crippen molar-refractivity contribution < 1.29 is 4.79 Å². The summed E-state index contributed by atoms with van der Waals surface area (Å²) >= 11 is 0. The van der Waals surface area contributed by atoms with E-state index in [2.05, 4.69) is 24.1 Å². The fourth-order valence-electron chi connectivity index (χ4n) is 3.32. The quantitative estimate of drug-likeness (QED) is 0.858. The van der Waals surface area contributed by atoms with Crippen molar-refractivity contribution in [3.63, 3.8) is 0 Å². The molecule has 1 amide bonds. The molecule has 1 fully saturated rings. The predicted molar refractivity (Wildman–Crippen MR) is 81.7 cm³/mol. The van der Waals surface area contributed by atoms with Crippen LogP contribution in [0.5, 0.6) is 0 Å². The first kappa shape index (κ1) is 13.2. The Balaban J connectivity index is 1.72. The number of carbonyl (C=O) groups excluding carboxylic acids is 1. The second kappa shape index (κ2) is 5.31. The van der Waals surface area contributed by atoms with Crippen molar-refractivity contribution in [3.05, 3.63) is 36.0 Å². The van der Waals surface area contributed by atoms with Gasteiger partial charge in [-0.05, 0) is 54.7 Å². The van der Waals surface area contributed by atoms with Crippen molar-refractivity contribution in [2.24, 2.45) is 11.8 Å². The molecule has 20 heavy (non-hydrogen) atoms. The first-order chi connectivity index (χ1) is 9.63. The number of H-pyrrole nitrogens is 1. The number of amides is 1. The molecule has 0 aliphatic heterocycles. The fourth-order valence-corrected chi connectivity index (χ4v) is 3.32. The molecule has 2 N–H and O–H groups in total. The molecule has 3 nitrogen and oxygen atoms in total. The number of fused-ring (bicyclic) bond motifs is 1. The highest BCUT2D eigenvalue weighted by Crippen LogP contribution is 2.28. The van der Waals surface area contributed by atoms with Crippen molar-refractivity contribution in [2.45, 2.75) is 39.2 Å². The summed E-state index contributed by atoms with van der Waals surface area (Å²) in [5.41, 5.74) is 1.76. The summed E-state index contributed by atoms with van der Waals surface area (Å²) in [6, 6.07) is 8.16. The molecular weight excluding hydrogens is 248 g/mol. The Labute approximate surface area is 119 Å². The van der Waals surface area contributed by atoms with Gasteiger partial charge in [-0.1, -0.05) is 19.9 Å². The third-order valence-electron chi connectivity index (χ3n) is 4.57. The maximum Gasteiger partial charge on any atom is 0.251 e. The molecule has 0 saturated heterocycles. The van der Waals surface area contributed by atoms with Gasteiger partial charge >= 0.3 is 0 Å². The van der Waals surface area contributed by atoms with Crippen molar-refractivity contribution in [2.75, 3.05) is 0 Å². The van der Waals surface area contributed by atoms with Gasteiger partial charge in [-0.25, -0.2) is 0 Å². The number of aromatic amines is 1. The molecule has 1 aromatic heterocycles. The summed E-state index contributed by atoms with van der Waals surface area (Å²) in [6.07, 6.45) is 5.42. The monoisotopic (exact) mass is 270 g/mol. The fraction of sp³-hybridized carbons (Fsp3) is 0.471. The minimum Gasteiger partial charge on any atom is -0.361 e. The third kappa shape index (κ3) is 2.58. The molecule has 0 radical (unpaired) electrons. The maximum atomic E-state index is 12.4. The molecular formula is C17H22N2O. The zero-order valence-corrected chi connectivity index (χ0v) is 12.1. The first-order valence-electron chi connectivity index (χ1n) is 7.51. The second-order valence-corrected chi connectivity index (χ2v) is 6.26. The lowest BCUT2D eigenvalue weighted by Gasteiger charge is -2.33. The minimum atomic E-state index is 0.0490. The van der Waals surface area contributed by atoms with Gasteiger partial charge in [0.1, 0.15) is 0 Å². The lowest BCUT2D eigenvalue weighted by molar-refractivity contribution is 0.0899. The Morgan fingerprint density at radius 2 is 2.10 bits per heavy atom. The SMILES string of the molecule is CC1CCC(NC(=O)c2ccc3cc[nH]c3c2)C(C)C1. The molecule has 1 aromatic carbocycles. The van der Waals surface area contributed by atoms with E-state index in [1.165, 1.54) is 12.8 Å². The van der Waals surface area contributed by atoms with E-state index in [0.29, 0.717) is 12.0 Å². The average Bonchev–Trinajstić information content (AvgIpc) is 2.89. The summed E-state index contributed by atoms with van der Waals surface area (Å²) in [5.74, 6) is 1.40. The highest BCUT2D eigenvalue weighted by molar-refractivity contribution is 5.98. The van der Waals surface area contributed by atoms with Gasteiger partial charge in [0.2, 0.25) is 0 Å². The lowest BCUT2D eigenvalue weighted by Crippen LogP contribution is -2.42. The molecule has 0 spiro atoms. The van der Waals surface area contributed by atoms with E-state index in [1.54, 1.807) is 0 Å². The van der Waals surface area contributed by atoms with Crippen LogP contribution in [0.2, 0.25) is 0 Å². The lowest BCUT2D eigenvalue weighted by atomic mass is 9.80. The Morgan fingerprint density at radius 3 is 2.90 bits per heavy atom. The van der Waals surface area contributed by atoms with Gasteiger partial charge in [-0.2, -0.15) is 0 Å². The summed E-state index contributed by atoms with van der Waals surface area (Å²) in [7, 11) is 0. The number of aromatic nitrogens is 1. The van der Waals surface area contributed by atoms with E-state index >= 15 is 0 Å². The Bertz CT molecular complexity index is 616. The predicted octanol–water partition coefficient (Wildman–Crippen LogP) is 3.72. The molecule has 1 aliphatic carbocycles. The summed E-state index contributed by atoms with van der Waals surface area (Å²) < 4.78 is 0. The number of carbonyl (C=O) groups is 1. The van der Waals surface area contributed by atoms with Gasteiger partial charge < -0.3 is 10.3 Å². The van der Waals surface area contributed by atoms with Gasteiger partial charge in [0, 0.05) is 23.3 Å². The molecule has 0 bridgehead atoms.